The number of hydrogen-bond acceptors (Lipinski definition) is 6. The van der Waals surface area contributed by atoms with Crippen LogP contribution in [0.5, 0.6) is 0 Å². The third-order valence-electron chi connectivity index (χ3n) is 4.15. The van der Waals surface area contributed by atoms with Gasteiger partial charge in [-0.25, -0.2) is 9.59 Å². The number of esters is 1. The van der Waals surface area contributed by atoms with Crippen molar-refractivity contribution >= 4 is 23.6 Å². The molecule has 1 saturated carbocycles. The average molecular weight is 363 g/mol. The van der Waals surface area contributed by atoms with Crippen molar-refractivity contribution in [2.24, 2.45) is 0 Å². The van der Waals surface area contributed by atoms with Crippen LogP contribution in [-0.2, 0) is 9.53 Å². The predicted molar refractivity (Wildman–Crippen MR) is 95.8 cm³/mol. The summed E-state index contributed by atoms with van der Waals surface area (Å²) in [5, 5.41) is 16.7. The number of aliphatic hydroxyl groups is 1. The third kappa shape index (κ3) is 5.73. The van der Waals surface area contributed by atoms with E-state index in [1.54, 1.807) is 24.3 Å². The molecule has 4 N–H and O–H groups in total. The van der Waals surface area contributed by atoms with Gasteiger partial charge in [-0.1, -0.05) is 25.0 Å². The maximum Gasteiger partial charge on any atom is 0.341 e. The van der Waals surface area contributed by atoms with Crippen molar-refractivity contribution in [2.75, 3.05) is 18.5 Å². The molecule has 1 aliphatic rings. The Labute approximate surface area is 152 Å². The lowest BCUT2D eigenvalue weighted by atomic mass is 10.1. The highest BCUT2D eigenvalue weighted by molar-refractivity contribution is 6.00. The Kier molecular flexibility index (Phi) is 7.40. The van der Waals surface area contributed by atoms with Crippen molar-refractivity contribution in [3.8, 4) is 0 Å². The van der Waals surface area contributed by atoms with Crippen LogP contribution < -0.4 is 16.0 Å². The summed E-state index contributed by atoms with van der Waals surface area (Å²) in [7, 11) is 0. The van der Waals surface area contributed by atoms with Gasteiger partial charge in [-0.3, -0.25) is 10.1 Å². The predicted octanol–water partition coefficient (Wildman–Crippen LogP) is 1.40. The number of nitrogens with one attached hydrogen (secondary N) is 3. The maximum absolute atomic E-state index is 12.3. The Morgan fingerprint density at radius 2 is 1.92 bits per heavy atom. The highest BCUT2D eigenvalue weighted by Crippen LogP contribution is 2.18. The van der Waals surface area contributed by atoms with Crippen LogP contribution in [0, 0.1) is 0 Å². The van der Waals surface area contributed by atoms with Crippen LogP contribution in [0.3, 0.4) is 0 Å². The highest BCUT2D eigenvalue weighted by atomic mass is 16.5. The fraction of sp³-hybridized carbons (Fsp3) is 0.500. The Morgan fingerprint density at radius 3 is 2.62 bits per heavy atom. The number of rotatable bonds is 7. The zero-order valence-corrected chi connectivity index (χ0v) is 14.8. The van der Waals surface area contributed by atoms with E-state index in [9.17, 15) is 14.4 Å². The lowest BCUT2D eigenvalue weighted by Crippen LogP contribution is -2.47. The van der Waals surface area contributed by atoms with E-state index >= 15 is 0 Å². The van der Waals surface area contributed by atoms with Crippen molar-refractivity contribution in [1.29, 1.82) is 0 Å². The van der Waals surface area contributed by atoms with Crippen molar-refractivity contribution in [3.63, 3.8) is 0 Å². The monoisotopic (exact) mass is 363 g/mol. The molecule has 1 unspecified atom stereocenters. The molecule has 1 aromatic rings. The molecular formula is C18H25N3O5. The fourth-order valence-corrected chi connectivity index (χ4v) is 2.79. The molecule has 0 bridgehead atoms. The second kappa shape index (κ2) is 9.76. The quantitative estimate of drug-likeness (QED) is 0.544. The lowest BCUT2D eigenvalue weighted by Gasteiger charge is -2.16. The summed E-state index contributed by atoms with van der Waals surface area (Å²) in [5.74, 6) is -1.38. The first-order chi connectivity index (χ1) is 12.5. The minimum absolute atomic E-state index is 0.0850. The number of aliphatic hydroxyl groups excluding tert-OH is 1. The molecule has 1 aliphatic carbocycles. The smallest absolute Gasteiger partial charge is 0.341 e. The Balaban J connectivity index is 1.87. The molecule has 8 heteroatoms. The zero-order chi connectivity index (χ0) is 18.9. The number of ether oxygens (including phenoxy) is 1. The molecule has 1 aromatic carbocycles. The van der Waals surface area contributed by atoms with Crippen LogP contribution >= 0.6 is 0 Å². The zero-order valence-electron chi connectivity index (χ0n) is 14.8. The van der Waals surface area contributed by atoms with Gasteiger partial charge >= 0.3 is 12.0 Å². The summed E-state index contributed by atoms with van der Waals surface area (Å²) >= 11 is 0. The number of benzene rings is 1. The van der Waals surface area contributed by atoms with E-state index in [-0.39, 0.29) is 24.8 Å². The van der Waals surface area contributed by atoms with E-state index in [1.807, 2.05) is 0 Å². The number of amides is 3. The third-order valence-corrected chi connectivity index (χ3v) is 4.15. The first kappa shape index (κ1) is 19.7. The number of anilines is 1. The van der Waals surface area contributed by atoms with Gasteiger partial charge in [-0.05, 0) is 31.9 Å². The molecule has 142 valence electrons. The molecule has 26 heavy (non-hydrogen) atoms. The normalized spacial score (nSPS) is 15.2. The molecule has 2 rings (SSSR count). The molecule has 3 amide bonds. The molecule has 1 atom stereocenters. The van der Waals surface area contributed by atoms with Gasteiger partial charge in [0.15, 0.2) is 6.10 Å². The minimum atomic E-state index is -1.12. The van der Waals surface area contributed by atoms with Gasteiger partial charge < -0.3 is 20.5 Å². The first-order valence-corrected chi connectivity index (χ1v) is 8.77. The van der Waals surface area contributed by atoms with E-state index in [0.717, 1.165) is 25.7 Å². The van der Waals surface area contributed by atoms with E-state index in [1.165, 1.54) is 6.92 Å². The maximum atomic E-state index is 12.3. The summed E-state index contributed by atoms with van der Waals surface area (Å²) in [6.07, 6.45) is 2.82. The van der Waals surface area contributed by atoms with Gasteiger partial charge in [0.1, 0.15) is 0 Å². The number of carbonyl (C=O) groups excluding carboxylic acids is 3. The van der Waals surface area contributed by atoms with E-state index < -0.39 is 24.0 Å². The Morgan fingerprint density at radius 1 is 1.23 bits per heavy atom. The number of urea groups is 1. The summed E-state index contributed by atoms with van der Waals surface area (Å²) in [6, 6.07) is 6.14. The Bertz CT molecular complexity index is 643. The first-order valence-electron chi connectivity index (χ1n) is 8.77. The molecule has 0 heterocycles. The second-order valence-electron chi connectivity index (χ2n) is 6.19. The molecule has 1 fully saturated rings. The summed E-state index contributed by atoms with van der Waals surface area (Å²) in [5.41, 5.74) is 0.745. The number of hydrogen-bond donors (Lipinski definition) is 4. The number of imide groups is 1. The van der Waals surface area contributed by atoms with Crippen molar-refractivity contribution < 1.29 is 24.2 Å². The van der Waals surface area contributed by atoms with Crippen LogP contribution in [0.4, 0.5) is 10.5 Å². The van der Waals surface area contributed by atoms with Gasteiger partial charge in [-0.2, -0.15) is 0 Å². The second-order valence-corrected chi connectivity index (χ2v) is 6.19. The largest absolute Gasteiger partial charge is 0.449 e. The molecule has 0 saturated heterocycles. The van der Waals surface area contributed by atoms with Crippen molar-refractivity contribution in [2.45, 2.75) is 44.8 Å². The summed E-state index contributed by atoms with van der Waals surface area (Å²) < 4.78 is 5.16. The van der Waals surface area contributed by atoms with Gasteiger partial charge in [0.25, 0.3) is 5.91 Å². The van der Waals surface area contributed by atoms with Crippen LogP contribution in [0.2, 0.25) is 0 Å². The van der Waals surface area contributed by atoms with Crippen molar-refractivity contribution in [3.05, 3.63) is 29.8 Å². The summed E-state index contributed by atoms with van der Waals surface area (Å²) in [6.45, 7) is 1.60. The molecule has 0 aromatic heterocycles. The van der Waals surface area contributed by atoms with Crippen molar-refractivity contribution in [1.82, 2.24) is 10.6 Å². The van der Waals surface area contributed by atoms with Crippen LogP contribution in [0.1, 0.15) is 43.0 Å². The molecule has 0 spiro atoms. The van der Waals surface area contributed by atoms with Gasteiger partial charge in [0.05, 0.1) is 12.2 Å². The standard InChI is InChI=1S/C18H25N3O5/c1-12(16(23)21-18(25)20-13-6-2-3-7-13)26-17(24)14-8-4-5-9-15(14)19-10-11-22/h4-5,8-9,12-13,19,22H,2-3,6-7,10-11H2,1H3,(H2,20,21,23,25). The van der Waals surface area contributed by atoms with E-state index in [0.29, 0.717) is 5.69 Å². The lowest BCUT2D eigenvalue weighted by molar-refractivity contribution is -0.127. The summed E-state index contributed by atoms with van der Waals surface area (Å²) in [4.78, 5) is 36.2. The average Bonchev–Trinajstić information content (AvgIpc) is 3.12. The highest BCUT2D eigenvalue weighted by Gasteiger charge is 2.24. The van der Waals surface area contributed by atoms with Crippen LogP contribution in [0.15, 0.2) is 24.3 Å². The van der Waals surface area contributed by atoms with E-state index in [2.05, 4.69) is 16.0 Å². The SMILES string of the molecule is CC(OC(=O)c1ccccc1NCCO)C(=O)NC(=O)NC1CCCC1. The Hall–Kier alpha value is -2.61. The molecule has 0 aliphatic heterocycles. The van der Waals surface area contributed by atoms with Crippen LogP contribution in [0.25, 0.3) is 0 Å². The number of carbonyl (C=O) groups is 3. The van der Waals surface area contributed by atoms with Gasteiger partial charge in [0, 0.05) is 18.3 Å². The molecule has 8 nitrogen and oxygen atoms in total. The topological polar surface area (TPSA) is 117 Å². The minimum Gasteiger partial charge on any atom is -0.449 e. The van der Waals surface area contributed by atoms with Crippen LogP contribution in [-0.4, -0.2) is 48.3 Å². The molecule has 0 radical (unpaired) electrons. The molecular weight excluding hydrogens is 338 g/mol. The van der Waals surface area contributed by atoms with E-state index in [4.69, 9.17) is 9.84 Å². The number of para-hydroxylation sites is 1. The van der Waals surface area contributed by atoms with Gasteiger partial charge in [0.2, 0.25) is 0 Å². The fourth-order valence-electron chi connectivity index (χ4n) is 2.79. The van der Waals surface area contributed by atoms with Gasteiger partial charge in [-0.15, -0.1) is 0 Å².